The Morgan fingerprint density at radius 2 is 1.35 bits per heavy atom. The largest absolute Gasteiger partial charge is 0.508 e. The molecule has 0 fully saturated rings. The van der Waals surface area contributed by atoms with Gasteiger partial charge in [0.15, 0.2) is 0 Å². The lowest BCUT2D eigenvalue weighted by molar-refractivity contribution is -0.142. The number of hydrogen-bond acceptors (Lipinski definition) is 7. The zero-order valence-electron chi connectivity index (χ0n) is 21.7. The fourth-order valence-corrected chi connectivity index (χ4v) is 3.44. The van der Waals surface area contributed by atoms with Crippen molar-refractivity contribution in [3.8, 4) is 5.75 Å². The van der Waals surface area contributed by atoms with Crippen LogP contribution in [0.25, 0.3) is 0 Å². The highest BCUT2D eigenvalue weighted by atomic mass is 16.4. The SMILES string of the molecule is CC(C)CC(NC(=O)C(N)C(C)C)C(=O)NC(CCC(N)=O)C(=O)NC(Cc1ccc(O)cc1)C(=O)O. The van der Waals surface area contributed by atoms with Crippen molar-refractivity contribution in [2.75, 3.05) is 0 Å². The molecular formula is C25H39N5O7. The third-order valence-corrected chi connectivity index (χ3v) is 5.66. The summed E-state index contributed by atoms with van der Waals surface area (Å²) in [6.07, 6.45) is -0.248. The number of benzene rings is 1. The fourth-order valence-electron chi connectivity index (χ4n) is 3.44. The molecule has 4 unspecified atom stereocenters. The summed E-state index contributed by atoms with van der Waals surface area (Å²) in [7, 11) is 0. The van der Waals surface area contributed by atoms with Gasteiger partial charge in [0.1, 0.15) is 23.9 Å². The average molecular weight is 522 g/mol. The normalized spacial score (nSPS) is 14.4. The molecule has 0 saturated heterocycles. The Morgan fingerprint density at radius 1 is 0.838 bits per heavy atom. The number of rotatable bonds is 15. The fraction of sp³-hybridized carbons (Fsp3) is 0.560. The Balaban J connectivity index is 3.06. The van der Waals surface area contributed by atoms with Crippen molar-refractivity contribution in [3.63, 3.8) is 0 Å². The zero-order valence-corrected chi connectivity index (χ0v) is 21.7. The maximum absolute atomic E-state index is 13.1. The Kier molecular flexibility index (Phi) is 12.5. The van der Waals surface area contributed by atoms with Gasteiger partial charge in [-0.2, -0.15) is 0 Å². The number of nitrogens with one attached hydrogen (secondary N) is 3. The molecule has 1 aromatic carbocycles. The minimum atomic E-state index is -1.35. The van der Waals surface area contributed by atoms with Crippen molar-refractivity contribution in [3.05, 3.63) is 29.8 Å². The molecule has 9 N–H and O–H groups in total. The van der Waals surface area contributed by atoms with E-state index in [1.54, 1.807) is 13.8 Å². The second-order valence-electron chi connectivity index (χ2n) is 9.80. The number of carboxylic acid groups (broad SMARTS) is 1. The summed E-state index contributed by atoms with van der Waals surface area (Å²) in [5.74, 6) is -4.19. The molecule has 1 aromatic rings. The van der Waals surface area contributed by atoms with Gasteiger partial charge in [0.2, 0.25) is 23.6 Å². The molecule has 0 saturated carbocycles. The van der Waals surface area contributed by atoms with Crippen LogP contribution in [0.3, 0.4) is 0 Å². The van der Waals surface area contributed by atoms with Crippen molar-refractivity contribution >= 4 is 29.6 Å². The summed E-state index contributed by atoms with van der Waals surface area (Å²) in [4.78, 5) is 61.8. The van der Waals surface area contributed by atoms with Crippen LogP contribution in [-0.2, 0) is 30.4 Å². The molecule has 0 aliphatic heterocycles. The van der Waals surface area contributed by atoms with Gasteiger partial charge in [-0.1, -0.05) is 39.8 Å². The van der Waals surface area contributed by atoms with Crippen LogP contribution in [0.4, 0.5) is 0 Å². The number of phenolic OH excluding ortho intramolecular Hbond substituents is 1. The highest BCUT2D eigenvalue weighted by molar-refractivity contribution is 5.94. The summed E-state index contributed by atoms with van der Waals surface area (Å²) in [5, 5.41) is 26.6. The molecule has 0 aliphatic rings. The van der Waals surface area contributed by atoms with Gasteiger partial charge >= 0.3 is 5.97 Å². The van der Waals surface area contributed by atoms with E-state index in [0.29, 0.717) is 5.56 Å². The maximum Gasteiger partial charge on any atom is 0.326 e. The number of hydrogen-bond donors (Lipinski definition) is 7. The zero-order chi connectivity index (χ0) is 28.3. The topological polar surface area (TPSA) is 214 Å². The van der Waals surface area contributed by atoms with E-state index in [1.807, 2.05) is 13.8 Å². The lowest BCUT2D eigenvalue weighted by Gasteiger charge is -2.26. The number of carbonyl (C=O) groups is 5. The number of primary amides is 1. The second kappa shape index (κ2) is 14.8. The van der Waals surface area contributed by atoms with Crippen LogP contribution in [0.15, 0.2) is 24.3 Å². The molecule has 0 bridgehead atoms. The van der Waals surface area contributed by atoms with Crippen molar-refractivity contribution in [2.45, 2.75) is 77.5 Å². The summed E-state index contributed by atoms with van der Waals surface area (Å²) in [6, 6.07) is 1.34. The van der Waals surface area contributed by atoms with Crippen molar-refractivity contribution in [1.29, 1.82) is 0 Å². The minimum Gasteiger partial charge on any atom is -0.508 e. The van der Waals surface area contributed by atoms with Crippen LogP contribution in [-0.4, -0.2) is 64.0 Å². The van der Waals surface area contributed by atoms with Crippen LogP contribution in [0.5, 0.6) is 5.75 Å². The molecule has 0 heterocycles. The number of carboxylic acids is 1. The highest BCUT2D eigenvalue weighted by Gasteiger charge is 2.31. The lowest BCUT2D eigenvalue weighted by Crippen LogP contribution is -2.58. The van der Waals surface area contributed by atoms with E-state index in [2.05, 4.69) is 16.0 Å². The van der Waals surface area contributed by atoms with E-state index in [4.69, 9.17) is 11.5 Å². The Hall–Kier alpha value is -3.67. The maximum atomic E-state index is 13.1. The van der Waals surface area contributed by atoms with Crippen LogP contribution in [0, 0.1) is 11.8 Å². The van der Waals surface area contributed by atoms with Crippen LogP contribution < -0.4 is 27.4 Å². The number of aliphatic carboxylic acids is 1. The summed E-state index contributed by atoms with van der Waals surface area (Å²) < 4.78 is 0. The predicted molar refractivity (Wildman–Crippen MR) is 136 cm³/mol. The van der Waals surface area contributed by atoms with Crippen LogP contribution in [0.2, 0.25) is 0 Å². The van der Waals surface area contributed by atoms with Crippen LogP contribution >= 0.6 is 0 Å². The molecular weight excluding hydrogens is 482 g/mol. The molecule has 4 atom stereocenters. The first-order chi connectivity index (χ1) is 17.2. The molecule has 37 heavy (non-hydrogen) atoms. The van der Waals surface area contributed by atoms with E-state index in [-0.39, 0.29) is 43.3 Å². The van der Waals surface area contributed by atoms with Crippen molar-refractivity contribution in [1.82, 2.24) is 16.0 Å². The average Bonchev–Trinajstić information content (AvgIpc) is 2.80. The predicted octanol–water partition coefficient (Wildman–Crippen LogP) is -0.231. The second-order valence-corrected chi connectivity index (χ2v) is 9.80. The monoisotopic (exact) mass is 521 g/mol. The first kappa shape index (κ1) is 31.4. The van der Waals surface area contributed by atoms with Gasteiger partial charge in [-0.05, 0) is 42.4 Å². The van der Waals surface area contributed by atoms with Gasteiger partial charge in [0.25, 0.3) is 0 Å². The summed E-state index contributed by atoms with van der Waals surface area (Å²) >= 11 is 0. The number of phenols is 1. The third-order valence-electron chi connectivity index (χ3n) is 5.66. The minimum absolute atomic E-state index is 0.00548. The van der Waals surface area contributed by atoms with E-state index in [0.717, 1.165) is 0 Å². The Labute approximate surface area is 216 Å². The van der Waals surface area contributed by atoms with E-state index < -0.39 is 53.8 Å². The third kappa shape index (κ3) is 11.3. The Morgan fingerprint density at radius 3 is 1.84 bits per heavy atom. The quantitative estimate of drug-likeness (QED) is 0.163. The molecule has 1 rings (SSSR count). The molecule has 0 aromatic heterocycles. The number of nitrogens with two attached hydrogens (primary N) is 2. The van der Waals surface area contributed by atoms with E-state index in [9.17, 15) is 34.2 Å². The molecule has 206 valence electrons. The standard InChI is InChI=1S/C25H39N5O7/c1-13(2)11-18(29-24(35)21(27)14(3)4)23(34)28-17(9-10-20(26)32)22(33)30-19(25(36)37)12-15-5-7-16(31)8-6-15/h5-8,13-14,17-19,21,31H,9-12,27H2,1-4H3,(H2,26,32)(H,28,34)(H,29,35)(H,30,33)(H,36,37). The van der Waals surface area contributed by atoms with Gasteiger partial charge < -0.3 is 37.6 Å². The summed E-state index contributed by atoms with van der Waals surface area (Å²) in [6.45, 7) is 7.24. The first-order valence-electron chi connectivity index (χ1n) is 12.2. The van der Waals surface area contributed by atoms with Gasteiger partial charge in [0, 0.05) is 12.8 Å². The molecule has 12 nitrogen and oxygen atoms in total. The highest BCUT2D eigenvalue weighted by Crippen LogP contribution is 2.12. The van der Waals surface area contributed by atoms with E-state index >= 15 is 0 Å². The molecule has 4 amide bonds. The summed E-state index contributed by atoms with van der Waals surface area (Å²) in [5.41, 5.74) is 11.7. The smallest absolute Gasteiger partial charge is 0.326 e. The molecule has 12 heteroatoms. The lowest BCUT2D eigenvalue weighted by atomic mass is 9.99. The van der Waals surface area contributed by atoms with Gasteiger partial charge in [0.05, 0.1) is 6.04 Å². The Bertz CT molecular complexity index is 949. The van der Waals surface area contributed by atoms with Crippen molar-refractivity contribution < 1.29 is 34.2 Å². The molecule has 0 spiro atoms. The van der Waals surface area contributed by atoms with Crippen molar-refractivity contribution in [2.24, 2.45) is 23.3 Å². The molecule has 0 aliphatic carbocycles. The van der Waals surface area contributed by atoms with E-state index in [1.165, 1.54) is 24.3 Å². The van der Waals surface area contributed by atoms with Crippen LogP contribution in [0.1, 0.15) is 52.5 Å². The number of carbonyl (C=O) groups excluding carboxylic acids is 4. The van der Waals surface area contributed by atoms with Gasteiger partial charge in [-0.3, -0.25) is 19.2 Å². The number of amides is 4. The van der Waals surface area contributed by atoms with Gasteiger partial charge in [-0.25, -0.2) is 4.79 Å². The van der Waals surface area contributed by atoms with Gasteiger partial charge in [-0.15, -0.1) is 0 Å². The number of aromatic hydroxyl groups is 1. The molecule has 0 radical (unpaired) electrons. The first-order valence-corrected chi connectivity index (χ1v) is 12.2.